The average Bonchev–Trinajstić information content (AvgIpc) is 2.65. The molecule has 5 nitrogen and oxygen atoms in total. The number of nitrogens with one attached hydrogen (secondary N) is 1. The van der Waals surface area contributed by atoms with Gasteiger partial charge in [0, 0.05) is 32.6 Å². The SMILES string of the molecule is Cc1ccc(CCCC(=O)Nc2ccc(N3CCN(C)CC3)nc2)cc1. The van der Waals surface area contributed by atoms with Crippen molar-refractivity contribution in [2.75, 3.05) is 43.4 Å². The van der Waals surface area contributed by atoms with Crippen molar-refractivity contribution in [1.29, 1.82) is 0 Å². The Morgan fingerprint density at radius 1 is 1.08 bits per heavy atom. The predicted molar refractivity (Wildman–Crippen MR) is 107 cm³/mol. The molecule has 1 aromatic carbocycles. The summed E-state index contributed by atoms with van der Waals surface area (Å²) in [7, 11) is 2.14. The van der Waals surface area contributed by atoms with Gasteiger partial charge in [0.2, 0.25) is 5.91 Å². The fourth-order valence-electron chi connectivity index (χ4n) is 3.11. The zero-order chi connectivity index (χ0) is 18.4. The highest BCUT2D eigenvalue weighted by Crippen LogP contribution is 2.16. The molecule has 3 rings (SSSR count). The molecule has 0 atom stereocenters. The van der Waals surface area contributed by atoms with Gasteiger partial charge in [-0.1, -0.05) is 29.8 Å². The fourth-order valence-corrected chi connectivity index (χ4v) is 3.11. The van der Waals surface area contributed by atoms with Crippen molar-refractivity contribution in [2.45, 2.75) is 26.2 Å². The highest BCUT2D eigenvalue weighted by molar-refractivity contribution is 5.90. The lowest BCUT2D eigenvalue weighted by Crippen LogP contribution is -2.44. The predicted octanol–water partition coefficient (Wildman–Crippen LogP) is 3.10. The van der Waals surface area contributed by atoms with Gasteiger partial charge in [0.05, 0.1) is 11.9 Å². The van der Waals surface area contributed by atoms with Crippen molar-refractivity contribution in [3.63, 3.8) is 0 Å². The Morgan fingerprint density at radius 2 is 1.81 bits per heavy atom. The minimum Gasteiger partial charge on any atom is -0.354 e. The zero-order valence-electron chi connectivity index (χ0n) is 15.7. The van der Waals surface area contributed by atoms with E-state index in [1.54, 1.807) is 6.20 Å². The van der Waals surface area contributed by atoms with Gasteiger partial charge in [-0.25, -0.2) is 4.98 Å². The van der Waals surface area contributed by atoms with Gasteiger partial charge in [-0.2, -0.15) is 0 Å². The number of hydrogen-bond donors (Lipinski definition) is 1. The zero-order valence-corrected chi connectivity index (χ0v) is 15.7. The van der Waals surface area contributed by atoms with Gasteiger partial charge in [-0.3, -0.25) is 4.79 Å². The van der Waals surface area contributed by atoms with Gasteiger partial charge in [-0.05, 0) is 44.5 Å². The van der Waals surface area contributed by atoms with Crippen LogP contribution >= 0.6 is 0 Å². The molecule has 2 aromatic rings. The molecule has 0 bridgehead atoms. The Balaban J connectivity index is 1.43. The van der Waals surface area contributed by atoms with E-state index in [-0.39, 0.29) is 5.91 Å². The number of nitrogens with zero attached hydrogens (tertiary/aromatic N) is 3. The maximum atomic E-state index is 12.1. The number of aryl methyl sites for hydroxylation is 2. The number of amides is 1. The monoisotopic (exact) mass is 352 g/mol. The van der Waals surface area contributed by atoms with Crippen LogP contribution in [0.5, 0.6) is 0 Å². The first-order valence-corrected chi connectivity index (χ1v) is 9.35. The lowest BCUT2D eigenvalue weighted by atomic mass is 10.1. The van der Waals surface area contributed by atoms with Crippen LogP contribution in [-0.4, -0.2) is 49.0 Å². The molecule has 138 valence electrons. The quantitative estimate of drug-likeness (QED) is 0.868. The Hall–Kier alpha value is -2.40. The van der Waals surface area contributed by atoms with Crippen LogP contribution in [0.15, 0.2) is 42.6 Å². The standard InChI is InChI=1S/C21H28N4O/c1-17-6-8-18(9-7-17)4-3-5-21(26)23-19-10-11-20(22-16-19)25-14-12-24(2)13-15-25/h6-11,16H,3-5,12-15H2,1-2H3,(H,23,26). The third-order valence-electron chi connectivity index (χ3n) is 4.85. The van der Waals surface area contributed by atoms with Gasteiger partial charge in [0.15, 0.2) is 0 Å². The molecular formula is C21H28N4O. The van der Waals surface area contributed by atoms with E-state index in [0.29, 0.717) is 6.42 Å². The summed E-state index contributed by atoms with van der Waals surface area (Å²) in [6.45, 7) is 6.19. The number of carbonyl (C=O) groups is 1. The molecule has 0 radical (unpaired) electrons. The Kier molecular flexibility index (Phi) is 6.23. The molecule has 5 heteroatoms. The first-order chi connectivity index (χ1) is 12.6. The highest BCUT2D eigenvalue weighted by atomic mass is 16.1. The highest BCUT2D eigenvalue weighted by Gasteiger charge is 2.15. The number of hydrogen-bond acceptors (Lipinski definition) is 4. The normalized spacial score (nSPS) is 15.1. The van der Waals surface area contributed by atoms with Crippen LogP contribution in [-0.2, 0) is 11.2 Å². The summed E-state index contributed by atoms with van der Waals surface area (Å²) < 4.78 is 0. The minimum absolute atomic E-state index is 0.0475. The van der Waals surface area contributed by atoms with Gasteiger partial charge in [0.25, 0.3) is 0 Å². The molecule has 1 aromatic heterocycles. The van der Waals surface area contributed by atoms with Gasteiger partial charge in [-0.15, -0.1) is 0 Å². The molecule has 0 spiro atoms. The van der Waals surface area contributed by atoms with E-state index in [9.17, 15) is 4.79 Å². The largest absolute Gasteiger partial charge is 0.354 e. The van der Waals surface area contributed by atoms with Crippen LogP contribution in [0.25, 0.3) is 0 Å². The third-order valence-corrected chi connectivity index (χ3v) is 4.85. The molecule has 1 aliphatic heterocycles. The number of benzene rings is 1. The van der Waals surface area contributed by atoms with E-state index in [4.69, 9.17) is 0 Å². The topological polar surface area (TPSA) is 48.5 Å². The summed E-state index contributed by atoms with van der Waals surface area (Å²) in [4.78, 5) is 21.2. The molecular weight excluding hydrogens is 324 g/mol. The molecule has 1 fully saturated rings. The molecule has 1 amide bonds. The van der Waals surface area contributed by atoms with E-state index < -0.39 is 0 Å². The average molecular weight is 352 g/mol. The van der Waals surface area contributed by atoms with E-state index in [0.717, 1.165) is 50.5 Å². The van der Waals surface area contributed by atoms with Crippen molar-refractivity contribution >= 4 is 17.4 Å². The molecule has 1 aliphatic rings. The second kappa shape index (κ2) is 8.81. The summed E-state index contributed by atoms with van der Waals surface area (Å²) in [5.41, 5.74) is 3.31. The van der Waals surface area contributed by atoms with Crippen LogP contribution in [0.4, 0.5) is 11.5 Å². The number of pyridine rings is 1. The van der Waals surface area contributed by atoms with Gasteiger partial charge >= 0.3 is 0 Å². The number of piperazine rings is 1. The summed E-state index contributed by atoms with van der Waals surface area (Å²) in [6, 6.07) is 12.4. The molecule has 0 unspecified atom stereocenters. The number of rotatable bonds is 6. The maximum absolute atomic E-state index is 12.1. The lowest BCUT2D eigenvalue weighted by molar-refractivity contribution is -0.116. The summed E-state index contributed by atoms with van der Waals surface area (Å²) in [6.07, 6.45) is 4.05. The van der Waals surface area contributed by atoms with Crippen LogP contribution in [0.3, 0.4) is 0 Å². The van der Waals surface area contributed by atoms with E-state index in [2.05, 4.69) is 58.3 Å². The molecule has 1 saturated heterocycles. The van der Waals surface area contributed by atoms with Crippen LogP contribution in [0.1, 0.15) is 24.0 Å². The second-order valence-electron chi connectivity index (χ2n) is 7.08. The fraction of sp³-hybridized carbons (Fsp3) is 0.429. The first kappa shape index (κ1) is 18.4. The Morgan fingerprint density at radius 3 is 2.46 bits per heavy atom. The maximum Gasteiger partial charge on any atom is 0.224 e. The molecule has 1 N–H and O–H groups in total. The van der Waals surface area contributed by atoms with Crippen LogP contribution < -0.4 is 10.2 Å². The van der Waals surface area contributed by atoms with Gasteiger partial charge < -0.3 is 15.1 Å². The van der Waals surface area contributed by atoms with Crippen molar-refractivity contribution in [3.8, 4) is 0 Å². The second-order valence-corrected chi connectivity index (χ2v) is 7.08. The van der Waals surface area contributed by atoms with E-state index >= 15 is 0 Å². The minimum atomic E-state index is 0.0475. The van der Waals surface area contributed by atoms with E-state index in [1.807, 2.05) is 12.1 Å². The molecule has 26 heavy (non-hydrogen) atoms. The number of likely N-dealkylation sites (N-methyl/N-ethyl adjacent to an activating group) is 1. The first-order valence-electron chi connectivity index (χ1n) is 9.35. The third kappa shape index (κ3) is 5.30. The number of aromatic nitrogens is 1. The smallest absolute Gasteiger partial charge is 0.224 e. The van der Waals surface area contributed by atoms with Crippen LogP contribution in [0.2, 0.25) is 0 Å². The number of anilines is 2. The summed E-state index contributed by atoms with van der Waals surface area (Å²) in [5.74, 6) is 1.03. The van der Waals surface area contributed by atoms with Crippen LogP contribution in [0, 0.1) is 6.92 Å². The van der Waals surface area contributed by atoms with Crippen molar-refractivity contribution in [2.24, 2.45) is 0 Å². The molecule has 0 aliphatic carbocycles. The Labute approximate surface area is 156 Å². The lowest BCUT2D eigenvalue weighted by Gasteiger charge is -2.33. The molecule has 2 heterocycles. The van der Waals surface area contributed by atoms with Crippen molar-refractivity contribution in [3.05, 3.63) is 53.7 Å². The molecule has 0 saturated carbocycles. The Bertz CT molecular complexity index is 704. The van der Waals surface area contributed by atoms with E-state index in [1.165, 1.54) is 11.1 Å². The van der Waals surface area contributed by atoms with Gasteiger partial charge in [0.1, 0.15) is 5.82 Å². The van der Waals surface area contributed by atoms with Crippen molar-refractivity contribution in [1.82, 2.24) is 9.88 Å². The summed E-state index contributed by atoms with van der Waals surface area (Å²) >= 11 is 0. The summed E-state index contributed by atoms with van der Waals surface area (Å²) in [5, 5.41) is 2.95. The number of carbonyl (C=O) groups excluding carboxylic acids is 1. The van der Waals surface area contributed by atoms with Crippen molar-refractivity contribution < 1.29 is 4.79 Å².